The van der Waals surface area contributed by atoms with Crippen molar-refractivity contribution in [2.45, 2.75) is 6.92 Å². The summed E-state index contributed by atoms with van der Waals surface area (Å²) < 4.78 is 7.41. The van der Waals surface area contributed by atoms with Crippen molar-refractivity contribution in [3.8, 4) is 17.0 Å². The summed E-state index contributed by atoms with van der Waals surface area (Å²) in [5.74, 6) is 0.562. The predicted molar refractivity (Wildman–Crippen MR) is 141 cm³/mol. The minimum absolute atomic E-state index is 0.319. The molecule has 2 aromatic heterocycles. The van der Waals surface area contributed by atoms with E-state index in [1.807, 2.05) is 46.1 Å². The topological polar surface area (TPSA) is 100 Å². The van der Waals surface area contributed by atoms with Gasteiger partial charge in [-0.15, -0.1) is 0 Å². The number of benzene rings is 1. The fraction of sp³-hybridized carbons (Fsp3) is 0.333. The highest BCUT2D eigenvalue weighted by Crippen LogP contribution is 2.38. The Bertz CT molecular complexity index is 1220. The second kappa shape index (κ2) is 11.2. The largest absolute Gasteiger partial charge is 0.494 e. The Balaban J connectivity index is 2.02. The Labute approximate surface area is 210 Å². The third kappa shape index (κ3) is 6.09. The Hall–Kier alpha value is -3.63. The molecule has 0 aliphatic heterocycles. The number of likely N-dealkylation sites (N-methyl/N-ethyl adjacent to an activating group) is 2. The molecule has 0 unspecified atom stereocenters. The lowest BCUT2D eigenvalue weighted by atomic mass is 10.2. The molecule has 0 aliphatic rings. The van der Waals surface area contributed by atoms with Crippen LogP contribution in [0.25, 0.3) is 11.3 Å². The molecule has 0 bridgehead atoms. The van der Waals surface area contributed by atoms with Gasteiger partial charge in [0.05, 0.1) is 47.3 Å². The van der Waals surface area contributed by atoms with Gasteiger partial charge in [0.2, 0.25) is 11.9 Å². The van der Waals surface area contributed by atoms with Gasteiger partial charge in [0.1, 0.15) is 5.75 Å². The van der Waals surface area contributed by atoms with Crippen LogP contribution in [-0.2, 0) is 11.8 Å². The molecule has 1 amide bonds. The third-order valence-electron chi connectivity index (χ3n) is 5.54. The van der Waals surface area contributed by atoms with Gasteiger partial charge in [-0.2, -0.15) is 5.10 Å². The van der Waals surface area contributed by atoms with Crippen molar-refractivity contribution in [3.63, 3.8) is 0 Å². The van der Waals surface area contributed by atoms with E-state index >= 15 is 0 Å². The zero-order valence-electron chi connectivity index (χ0n) is 20.9. The van der Waals surface area contributed by atoms with Crippen LogP contribution in [0.2, 0.25) is 5.02 Å². The van der Waals surface area contributed by atoms with E-state index in [0.717, 1.165) is 30.0 Å². The summed E-state index contributed by atoms with van der Waals surface area (Å²) in [4.78, 5) is 25.2. The summed E-state index contributed by atoms with van der Waals surface area (Å²) in [7, 11) is 9.41. The number of rotatable bonds is 10. The Morgan fingerprint density at radius 2 is 1.97 bits per heavy atom. The first kappa shape index (κ1) is 26.0. The monoisotopic (exact) mass is 498 g/mol. The number of ether oxygens (including phenoxy) is 1. The van der Waals surface area contributed by atoms with Gasteiger partial charge < -0.3 is 25.2 Å². The van der Waals surface area contributed by atoms with Crippen molar-refractivity contribution in [2.24, 2.45) is 7.05 Å². The van der Waals surface area contributed by atoms with Gasteiger partial charge in [-0.3, -0.25) is 9.48 Å². The van der Waals surface area contributed by atoms with Crippen LogP contribution in [-0.4, -0.2) is 71.9 Å². The summed E-state index contributed by atoms with van der Waals surface area (Å²) in [6, 6.07) is 3.65. The van der Waals surface area contributed by atoms with E-state index in [1.54, 1.807) is 24.1 Å². The van der Waals surface area contributed by atoms with Gasteiger partial charge in [-0.05, 0) is 33.2 Å². The number of nitrogens with one attached hydrogen (secondary N) is 2. The second-order valence-electron chi connectivity index (χ2n) is 8.27. The number of hydrogen-bond acceptors (Lipinski definition) is 8. The Kier molecular flexibility index (Phi) is 8.31. The fourth-order valence-corrected chi connectivity index (χ4v) is 3.57. The number of amides is 1. The number of carbonyl (C=O) groups excluding carboxylic acids is 1. The molecule has 0 saturated heterocycles. The number of nitrogens with zero attached hydrogens (tertiary/aromatic N) is 6. The molecular weight excluding hydrogens is 468 g/mol. The van der Waals surface area contributed by atoms with E-state index in [-0.39, 0.29) is 5.91 Å². The molecule has 3 rings (SSSR count). The van der Waals surface area contributed by atoms with Crippen LogP contribution in [0.4, 0.5) is 23.0 Å². The van der Waals surface area contributed by atoms with Crippen LogP contribution in [0.3, 0.4) is 0 Å². The van der Waals surface area contributed by atoms with Crippen LogP contribution in [0.15, 0.2) is 37.2 Å². The quantitative estimate of drug-likeness (QED) is 0.408. The summed E-state index contributed by atoms with van der Waals surface area (Å²) in [5, 5.41) is 10.8. The number of hydrogen-bond donors (Lipinski definition) is 2. The number of aryl methyl sites for hydroxylation is 1. The molecular formula is C24H31ClN8O2. The van der Waals surface area contributed by atoms with E-state index in [2.05, 4.69) is 37.2 Å². The smallest absolute Gasteiger partial charge is 0.247 e. The predicted octanol–water partition coefficient (Wildman–Crippen LogP) is 3.71. The molecule has 0 fully saturated rings. The van der Waals surface area contributed by atoms with Gasteiger partial charge in [0.25, 0.3) is 0 Å². The summed E-state index contributed by atoms with van der Waals surface area (Å²) in [5.41, 5.74) is 4.27. The standard InChI is InChI=1S/C24H31ClN8O2/c1-8-22(34)28-18-11-19(21(35-7)12-20(18)32(5)10-9-31(3)4)29-24-26-14-17(25)23(30-24)16-13-27-33(6)15(16)2/h8,11-14H,1,9-10H2,2-7H3,(H,28,34)(H,26,29,30). The van der Waals surface area contributed by atoms with Crippen LogP contribution in [0.5, 0.6) is 5.75 Å². The molecule has 10 nitrogen and oxygen atoms in total. The highest BCUT2D eigenvalue weighted by atomic mass is 35.5. The van der Waals surface area contributed by atoms with E-state index in [9.17, 15) is 4.79 Å². The molecule has 1 aromatic carbocycles. The number of carbonyl (C=O) groups is 1. The van der Waals surface area contributed by atoms with Crippen molar-refractivity contribution in [1.82, 2.24) is 24.6 Å². The van der Waals surface area contributed by atoms with Gasteiger partial charge >= 0.3 is 0 Å². The Morgan fingerprint density at radius 1 is 1.23 bits per heavy atom. The molecule has 2 N–H and O–H groups in total. The van der Waals surface area contributed by atoms with Crippen LogP contribution < -0.4 is 20.3 Å². The van der Waals surface area contributed by atoms with Crippen LogP contribution >= 0.6 is 11.6 Å². The Morgan fingerprint density at radius 3 is 2.57 bits per heavy atom. The summed E-state index contributed by atoms with van der Waals surface area (Å²) in [6.07, 6.45) is 4.48. The van der Waals surface area contributed by atoms with E-state index in [0.29, 0.717) is 33.8 Å². The normalized spacial score (nSPS) is 10.9. The molecule has 0 atom stereocenters. The van der Waals surface area contributed by atoms with Gasteiger partial charge in [0, 0.05) is 44.5 Å². The van der Waals surface area contributed by atoms with E-state index < -0.39 is 0 Å². The average molecular weight is 499 g/mol. The minimum Gasteiger partial charge on any atom is -0.494 e. The van der Waals surface area contributed by atoms with Crippen molar-refractivity contribution in [3.05, 3.63) is 47.9 Å². The lowest BCUT2D eigenvalue weighted by molar-refractivity contribution is -0.111. The lowest BCUT2D eigenvalue weighted by Crippen LogP contribution is -2.29. The first-order chi connectivity index (χ1) is 16.6. The fourth-order valence-electron chi connectivity index (χ4n) is 3.37. The number of methoxy groups -OCH3 is 1. The number of halogens is 1. The molecule has 0 saturated carbocycles. The zero-order chi connectivity index (χ0) is 25.7. The molecule has 0 aliphatic carbocycles. The molecule has 3 aromatic rings. The molecule has 2 heterocycles. The third-order valence-corrected chi connectivity index (χ3v) is 5.81. The molecule has 11 heteroatoms. The molecule has 0 radical (unpaired) electrons. The zero-order valence-corrected chi connectivity index (χ0v) is 21.6. The highest BCUT2D eigenvalue weighted by Gasteiger charge is 2.18. The first-order valence-corrected chi connectivity index (χ1v) is 11.3. The van der Waals surface area contributed by atoms with Crippen molar-refractivity contribution in [2.75, 3.05) is 56.9 Å². The molecule has 35 heavy (non-hydrogen) atoms. The van der Waals surface area contributed by atoms with Gasteiger partial charge in [0.15, 0.2) is 0 Å². The maximum atomic E-state index is 12.2. The second-order valence-corrected chi connectivity index (χ2v) is 8.68. The number of anilines is 4. The maximum absolute atomic E-state index is 12.2. The van der Waals surface area contributed by atoms with E-state index in [1.165, 1.54) is 12.3 Å². The van der Waals surface area contributed by atoms with E-state index in [4.69, 9.17) is 16.3 Å². The number of aromatic nitrogens is 4. The SMILES string of the molecule is C=CC(=O)Nc1cc(Nc2ncc(Cl)c(-c3cnn(C)c3C)n2)c(OC)cc1N(C)CCN(C)C. The van der Waals surface area contributed by atoms with Crippen LogP contribution in [0.1, 0.15) is 5.69 Å². The van der Waals surface area contributed by atoms with Gasteiger partial charge in [-0.25, -0.2) is 9.97 Å². The molecule has 0 spiro atoms. The van der Waals surface area contributed by atoms with Crippen LogP contribution in [0, 0.1) is 6.92 Å². The first-order valence-electron chi connectivity index (χ1n) is 10.9. The highest BCUT2D eigenvalue weighted by molar-refractivity contribution is 6.33. The van der Waals surface area contributed by atoms with Crippen molar-refractivity contribution < 1.29 is 9.53 Å². The van der Waals surface area contributed by atoms with Crippen molar-refractivity contribution >= 4 is 40.5 Å². The average Bonchev–Trinajstić information content (AvgIpc) is 3.16. The molecule has 186 valence electrons. The van der Waals surface area contributed by atoms with Crippen molar-refractivity contribution in [1.29, 1.82) is 0 Å². The summed E-state index contributed by atoms with van der Waals surface area (Å²) >= 11 is 6.40. The minimum atomic E-state index is -0.319. The summed E-state index contributed by atoms with van der Waals surface area (Å²) in [6.45, 7) is 7.08. The lowest BCUT2D eigenvalue weighted by Gasteiger charge is -2.26. The maximum Gasteiger partial charge on any atom is 0.247 e. The van der Waals surface area contributed by atoms with Gasteiger partial charge in [-0.1, -0.05) is 18.2 Å².